The molecule has 1 unspecified atom stereocenters. The van der Waals surface area contributed by atoms with E-state index in [-0.39, 0.29) is 17.7 Å². The standard InChI is InChI=1S/C15H19NO3/c1-9-5-4-6-13(10(9)2)14(17)16-7-12(8-16)11(3)15(18)19/h4-6,11-12H,7-8H2,1-3H3,(H,18,19). The van der Waals surface area contributed by atoms with Crippen LogP contribution in [0.3, 0.4) is 0 Å². The number of amides is 1. The largest absolute Gasteiger partial charge is 0.481 e. The van der Waals surface area contributed by atoms with Crippen molar-refractivity contribution in [2.75, 3.05) is 13.1 Å². The third kappa shape index (κ3) is 2.48. The van der Waals surface area contributed by atoms with Gasteiger partial charge in [0.15, 0.2) is 0 Å². The number of carbonyl (C=O) groups excluding carboxylic acids is 1. The lowest BCUT2D eigenvalue weighted by atomic mass is 9.86. The summed E-state index contributed by atoms with van der Waals surface area (Å²) >= 11 is 0. The number of rotatable bonds is 3. The van der Waals surface area contributed by atoms with Crippen LogP contribution in [0.15, 0.2) is 18.2 Å². The van der Waals surface area contributed by atoms with Crippen molar-refractivity contribution in [2.45, 2.75) is 20.8 Å². The van der Waals surface area contributed by atoms with Crippen molar-refractivity contribution in [3.8, 4) is 0 Å². The van der Waals surface area contributed by atoms with Gasteiger partial charge in [-0.2, -0.15) is 0 Å². The highest BCUT2D eigenvalue weighted by molar-refractivity contribution is 5.96. The van der Waals surface area contributed by atoms with Gasteiger partial charge >= 0.3 is 5.97 Å². The SMILES string of the molecule is Cc1cccc(C(=O)N2CC(C(C)C(=O)O)C2)c1C. The van der Waals surface area contributed by atoms with Crippen LogP contribution in [0, 0.1) is 25.7 Å². The monoisotopic (exact) mass is 261 g/mol. The number of carboxylic acids is 1. The molecule has 19 heavy (non-hydrogen) atoms. The number of carbonyl (C=O) groups is 2. The van der Waals surface area contributed by atoms with E-state index in [0.717, 1.165) is 16.7 Å². The van der Waals surface area contributed by atoms with Crippen LogP contribution in [0.1, 0.15) is 28.4 Å². The first-order chi connectivity index (χ1) is 8.91. The van der Waals surface area contributed by atoms with Crippen LogP contribution in [0.25, 0.3) is 0 Å². The van der Waals surface area contributed by atoms with Gasteiger partial charge in [0.25, 0.3) is 5.91 Å². The highest BCUT2D eigenvalue weighted by Crippen LogP contribution is 2.26. The second-order valence-corrected chi connectivity index (χ2v) is 5.34. The molecule has 1 aromatic carbocycles. The van der Waals surface area contributed by atoms with Crippen molar-refractivity contribution >= 4 is 11.9 Å². The third-order valence-electron chi connectivity index (χ3n) is 4.13. The topological polar surface area (TPSA) is 57.6 Å². The molecule has 0 bridgehead atoms. The van der Waals surface area contributed by atoms with E-state index in [2.05, 4.69) is 0 Å². The molecule has 1 saturated heterocycles. The Kier molecular flexibility index (Phi) is 3.60. The molecule has 0 spiro atoms. The van der Waals surface area contributed by atoms with Gasteiger partial charge in [-0.25, -0.2) is 0 Å². The molecule has 4 heteroatoms. The average molecular weight is 261 g/mol. The number of likely N-dealkylation sites (tertiary alicyclic amines) is 1. The minimum absolute atomic E-state index is 0.00930. The van der Waals surface area contributed by atoms with Gasteiger partial charge in [0.2, 0.25) is 0 Å². The average Bonchev–Trinajstić information content (AvgIpc) is 2.30. The lowest BCUT2D eigenvalue weighted by Crippen LogP contribution is -2.53. The van der Waals surface area contributed by atoms with E-state index in [1.165, 1.54) is 0 Å². The van der Waals surface area contributed by atoms with Crippen molar-refractivity contribution in [2.24, 2.45) is 11.8 Å². The minimum atomic E-state index is -0.788. The molecular weight excluding hydrogens is 242 g/mol. The number of carboxylic acid groups (broad SMARTS) is 1. The van der Waals surface area contributed by atoms with E-state index in [9.17, 15) is 9.59 Å². The van der Waals surface area contributed by atoms with Gasteiger partial charge in [-0.1, -0.05) is 19.1 Å². The zero-order chi connectivity index (χ0) is 14.2. The highest BCUT2D eigenvalue weighted by atomic mass is 16.4. The normalized spacial score (nSPS) is 16.9. The van der Waals surface area contributed by atoms with Gasteiger partial charge in [-0.3, -0.25) is 9.59 Å². The fourth-order valence-corrected chi connectivity index (χ4v) is 2.35. The van der Waals surface area contributed by atoms with Crippen LogP contribution in [-0.2, 0) is 4.79 Å². The zero-order valence-corrected chi connectivity index (χ0v) is 11.5. The Labute approximate surface area is 113 Å². The maximum absolute atomic E-state index is 12.3. The molecule has 1 amide bonds. The molecule has 102 valence electrons. The maximum atomic E-state index is 12.3. The molecule has 1 fully saturated rings. The Morgan fingerprint density at radius 3 is 2.53 bits per heavy atom. The van der Waals surface area contributed by atoms with Crippen molar-refractivity contribution in [3.63, 3.8) is 0 Å². The lowest BCUT2D eigenvalue weighted by molar-refractivity contribution is -0.144. The summed E-state index contributed by atoms with van der Waals surface area (Å²) in [5.41, 5.74) is 2.82. The number of aliphatic carboxylic acids is 1. The van der Waals surface area contributed by atoms with Gasteiger partial charge in [0.1, 0.15) is 0 Å². The van der Waals surface area contributed by atoms with Crippen LogP contribution in [0.2, 0.25) is 0 Å². The number of hydrogen-bond donors (Lipinski definition) is 1. The number of aryl methyl sites for hydroxylation is 1. The van der Waals surface area contributed by atoms with Gasteiger partial charge in [-0.05, 0) is 31.0 Å². The fraction of sp³-hybridized carbons (Fsp3) is 0.467. The smallest absolute Gasteiger partial charge is 0.306 e. The molecule has 0 aromatic heterocycles. The molecule has 0 saturated carbocycles. The van der Waals surface area contributed by atoms with Crippen LogP contribution in [-0.4, -0.2) is 35.0 Å². The Morgan fingerprint density at radius 2 is 1.95 bits per heavy atom. The van der Waals surface area contributed by atoms with Crippen molar-refractivity contribution in [3.05, 3.63) is 34.9 Å². The summed E-state index contributed by atoms with van der Waals surface area (Å²) in [4.78, 5) is 24.9. The first-order valence-corrected chi connectivity index (χ1v) is 6.50. The number of benzene rings is 1. The zero-order valence-electron chi connectivity index (χ0n) is 11.5. The summed E-state index contributed by atoms with van der Waals surface area (Å²) < 4.78 is 0. The predicted octanol–water partition coefficient (Wildman–Crippen LogP) is 2.10. The summed E-state index contributed by atoms with van der Waals surface area (Å²) in [5.74, 6) is -1.09. The van der Waals surface area contributed by atoms with E-state index < -0.39 is 5.97 Å². The first kappa shape index (κ1) is 13.6. The first-order valence-electron chi connectivity index (χ1n) is 6.50. The van der Waals surface area contributed by atoms with E-state index >= 15 is 0 Å². The minimum Gasteiger partial charge on any atom is -0.481 e. The highest BCUT2D eigenvalue weighted by Gasteiger charge is 2.37. The van der Waals surface area contributed by atoms with Crippen LogP contribution in [0.5, 0.6) is 0 Å². The Hall–Kier alpha value is -1.84. The van der Waals surface area contributed by atoms with Crippen molar-refractivity contribution in [1.82, 2.24) is 4.90 Å². The van der Waals surface area contributed by atoms with Crippen LogP contribution in [0.4, 0.5) is 0 Å². The quantitative estimate of drug-likeness (QED) is 0.906. The summed E-state index contributed by atoms with van der Waals surface area (Å²) in [6.07, 6.45) is 0. The summed E-state index contributed by atoms with van der Waals surface area (Å²) in [7, 11) is 0. The van der Waals surface area contributed by atoms with Gasteiger partial charge in [0, 0.05) is 24.6 Å². The molecule has 1 heterocycles. The molecule has 0 radical (unpaired) electrons. The van der Waals surface area contributed by atoms with Gasteiger partial charge in [-0.15, -0.1) is 0 Å². The molecule has 2 rings (SSSR count). The Balaban J connectivity index is 2.04. The Morgan fingerprint density at radius 1 is 1.32 bits per heavy atom. The molecule has 0 aliphatic carbocycles. The second kappa shape index (κ2) is 5.03. The van der Waals surface area contributed by atoms with Crippen molar-refractivity contribution < 1.29 is 14.7 Å². The number of nitrogens with zero attached hydrogens (tertiary/aromatic N) is 1. The van der Waals surface area contributed by atoms with Crippen molar-refractivity contribution in [1.29, 1.82) is 0 Å². The fourth-order valence-electron chi connectivity index (χ4n) is 2.35. The molecule has 1 N–H and O–H groups in total. The molecule has 1 aliphatic heterocycles. The lowest BCUT2D eigenvalue weighted by Gasteiger charge is -2.41. The Bertz CT molecular complexity index is 518. The maximum Gasteiger partial charge on any atom is 0.306 e. The predicted molar refractivity (Wildman–Crippen MR) is 72.1 cm³/mol. The van der Waals surface area contributed by atoms with E-state index in [1.54, 1.807) is 11.8 Å². The molecule has 1 aromatic rings. The van der Waals surface area contributed by atoms with E-state index in [4.69, 9.17) is 5.11 Å². The van der Waals surface area contributed by atoms with E-state index in [0.29, 0.717) is 13.1 Å². The van der Waals surface area contributed by atoms with Gasteiger partial charge < -0.3 is 10.0 Å². The summed E-state index contributed by atoms with van der Waals surface area (Å²) in [6, 6.07) is 5.70. The molecule has 1 atom stereocenters. The number of hydrogen-bond acceptors (Lipinski definition) is 2. The summed E-state index contributed by atoms with van der Waals surface area (Å²) in [5, 5.41) is 8.94. The van der Waals surface area contributed by atoms with Crippen LogP contribution >= 0.6 is 0 Å². The van der Waals surface area contributed by atoms with Gasteiger partial charge in [0.05, 0.1) is 5.92 Å². The molecule has 1 aliphatic rings. The molecular formula is C15H19NO3. The molecule has 4 nitrogen and oxygen atoms in total. The third-order valence-corrected chi connectivity index (χ3v) is 4.13. The van der Waals surface area contributed by atoms with E-state index in [1.807, 2.05) is 32.0 Å². The second-order valence-electron chi connectivity index (χ2n) is 5.34. The summed E-state index contributed by atoms with van der Waals surface area (Å²) in [6.45, 7) is 6.71. The van der Waals surface area contributed by atoms with Crippen LogP contribution < -0.4 is 0 Å².